The topological polar surface area (TPSA) is 58.9 Å². The van der Waals surface area contributed by atoms with Crippen LogP contribution in [0.4, 0.5) is 0 Å². The zero-order valence-corrected chi connectivity index (χ0v) is 12.9. The molecular weight excluding hydrogens is 280 g/mol. The monoisotopic (exact) mass is 302 g/mol. The predicted molar refractivity (Wildman–Crippen MR) is 84.9 cm³/mol. The van der Waals surface area contributed by atoms with Gasteiger partial charge in [-0.1, -0.05) is 24.3 Å². The van der Waals surface area contributed by atoms with E-state index in [9.17, 15) is 10.2 Å². The first kappa shape index (κ1) is 16.3. The molecule has 2 aromatic carbocycles. The summed E-state index contributed by atoms with van der Waals surface area (Å²) >= 11 is 0. The number of phenols is 2. The van der Waals surface area contributed by atoms with Crippen LogP contribution >= 0.6 is 0 Å². The first-order chi connectivity index (χ1) is 10.7. The van der Waals surface area contributed by atoms with E-state index in [1.165, 1.54) is 0 Å². The van der Waals surface area contributed by atoms with Crippen molar-refractivity contribution in [3.8, 4) is 11.5 Å². The second-order valence-corrected chi connectivity index (χ2v) is 4.93. The highest BCUT2D eigenvalue weighted by Gasteiger charge is 2.26. The Labute approximate surface area is 130 Å². The Kier molecular flexibility index (Phi) is 5.81. The molecule has 118 valence electrons. The van der Waals surface area contributed by atoms with Crippen LogP contribution in [0, 0.1) is 0 Å². The average molecular weight is 302 g/mol. The highest BCUT2D eigenvalue weighted by atomic mass is 16.5. The Morgan fingerprint density at radius 3 is 1.27 bits per heavy atom. The molecule has 2 rings (SSSR count). The molecule has 22 heavy (non-hydrogen) atoms. The van der Waals surface area contributed by atoms with E-state index in [1.807, 2.05) is 38.1 Å². The summed E-state index contributed by atoms with van der Waals surface area (Å²) in [5.74, 6) is 0.438. The number of rotatable bonds is 7. The van der Waals surface area contributed by atoms with Gasteiger partial charge >= 0.3 is 0 Å². The summed E-state index contributed by atoms with van der Waals surface area (Å²) in [7, 11) is 0. The van der Waals surface area contributed by atoms with Gasteiger partial charge in [-0.2, -0.15) is 0 Å². The molecule has 2 atom stereocenters. The van der Waals surface area contributed by atoms with Gasteiger partial charge in [-0.05, 0) is 49.2 Å². The van der Waals surface area contributed by atoms with Crippen molar-refractivity contribution in [1.82, 2.24) is 0 Å². The van der Waals surface area contributed by atoms with Crippen molar-refractivity contribution in [2.75, 3.05) is 13.2 Å². The van der Waals surface area contributed by atoms with Crippen molar-refractivity contribution >= 4 is 0 Å². The summed E-state index contributed by atoms with van der Waals surface area (Å²) in [6, 6.07) is 13.9. The SMILES string of the molecule is CCOC(c1ccc(O)cc1)C(OCC)c1ccc(O)cc1. The van der Waals surface area contributed by atoms with Gasteiger partial charge < -0.3 is 19.7 Å². The third-order valence-corrected chi connectivity index (χ3v) is 3.41. The Morgan fingerprint density at radius 2 is 1.00 bits per heavy atom. The molecule has 0 heterocycles. The van der Waals surface area contributed by atoms with Crippen molar-refractivity contribution in [3.63, 3.8) is 0 Å². The Hall–Kier alpha value is -2.04. The van der Waals surface area contributed by atoms with Gasteiger partial charge in [0, 0.05) is 13.2 Å². The molecule has 2 unspecified atom stereocenters. The highest BCUT2D eigenvalue weighted by Crippen LogP contribution is 2.36. The van der Waals surface area contributed by atoms with Crippen molar-refractivity contribution in [2.24, 2.45) is 0 Å². The van der Waals surface area contributed by atoms with E-state index in [1.54, 1.807) is 24.3 Å². The molecule has 2 N–H and O–H groups in total. The number of hydrogen-bond donors (Lipinski definition) is 2. The number of hydrogen-bond acceptors (Lipinski definition) is 4. The molecule has 0 aromatic heterocycles. The summed E-state index contributed by atoms with van der Waals surface area (Å²) < 4.78 is 11.8. The zero-order valence-electron chi connectivity index (χ0n) is 12.9. The molecule has 0 bridgehead atoms. The first-order valence-corrected chi connectivity index (χ1v) is 7.46. The maximum absolute atomic E-state index is 9.46. The summed E-state index contributed by atoms with van der Waals surface area (Å²) in [5.41, 5.74) is 1.87. The highest BCUT2D eigenvalue weighted by molar-refractivity contribution is 5.32. The number of benzene rings is 2. The summed E-state index contributed by atoms with van der Waals surface area (Å²) in [6.45, 7) is 4.97. The fraction of sp³-hybridized carbons (Fsp3) is 0.333. The van der Waals surface area contributed by atoms with E-state index in [-0.39, 0.29) is 23.7 Å². The van der Waals surface area contributed by atoms with E-state index >= 15 is 0 Å². The van der Waals surface area contributed by atoms with Gasteiger partial charge in [0.2, 0.25) is 0 Å². The predicted octanol–water partition coefficient (Wildman–Crippen LogP) is 3.95. The van der Waals surface area contributed by atoms with Gasteiger partial charge in [-0.25, -0.2) is 0 Å². The Bertz CT molecular complexity index is 509. The largest absolute Gasteiger partial charge is 0.508 e. The summed E-state index contributed by atoms with van der Waals surface area (Å²) in [5, 5.41) is 18.9. The maximum Gasteiger partial charge on any atom is 0.115 e. The Balaban J connectivity index is 2.36. The molecular formula is C18H22O4. The second kappa shape index (κ2) is 7.82. The third-order valence-electron chi connectivity index (χ3n) is 3.41. The van der Waals surface area contributed by atoms with Crippen LogP contribution in [-0.2, 0) is 9.47 Å². The minimum absolute atomic E-state index is 0.219. The minimum atomic E-state index is -0.282. The minimum Gasteiger partial charge on any atom is -0.508 e. The zero-order chi connectivity index (χ0) is 15.9. The standard InChI is InChI=1S/C18H22O4/c1-3-21-17(13-5-9-15(19)10-6-13)18(22-4-2)14-7-11-16(20)12-8-14/h5-12,17-20H,3-4H2,1-2H3. The maximum atomic E-state index is 9.46. The van der Waals surface area contributed by atoms with Crippen molar-refractivity contribution in [2.45, 2.75) is 26.1 Å². The molecule has 0 saturated heterocycles. The van der Waals surface area contributed by atoms with Gasteiger partial charge in [-0.3, -0.25) is 0 Å². The second-order valence-electron chi connectivity index (χ2n) is 4.93. The smallest absolute Gasteiger partial charge is 0.115 e. The van der Waals surface area contributed by atoms with Crippen molar-refractivity contribution in [3.05, 3.63) is 59.7 Å². The molecule has 0 fully saturated rings. The summed E-state index contributed by atoms with van der Waals surface area (Å²) in [6.07, 6.45) is -0.565. The van der Waals surface area contributed by atoms with Crippen LogP contribution in [0.15, 0.2) is 48.5 Å². The van der Waals surface area contributed by atoms with E-state index < -0.39 is 0 Å². The van der Waals surface area contributed by atoms with Crippen molar-refractivity contribution < 1.29 is 19.7 Å². The van der Waals surface area contributed by atoms with E-state index in [2.05, 4.69) is 0 Å². The fourth-order valence-electron chi connectivity index (χ4n) is 2.40. The number of ether oxygens (including phenoxy) is 2. The average Bonchev–Trinajstić information content (AvgIpc) is 2.53. The fourth-order valence-corrected chi connectivity index (χ4v) is 2.40. The van der Waals surface area contributed by atoms with Gasteiger partial charge in [0.1, 0.15) is 23.7 Å². The number of phenolic OH excluding ortho intramolecular Hbond substituents is 2. The Morgan fingerprint density at radius 1 is 0.682 bits per heavy atom. The molecule has 0 radical (unpaired) electrons. The van der Waals surface area contributed by atoms with Crippen LogP contribution in [0.1, 0.15) is 37.2 Å². The van der Waals surface area contributed by atoms with Crippen LogP contribution < -0.4 is 0 Å². The first-order valence-electron chi connectivity index (χ1n) is 7.46. The molecule has 0 aliphatic rings. The lowest BCUT2D eigenvalue weighted by Crippen LogP contribution is -2.18. The van der Waals surface area contributed by atoms with Gasteiger partial charge in [0.05, 0.1) is 0 Å². The lowest BCUT2D eigenvalue weighted by Gasteiger charge is -2.28. The molecule has 4 nitrogen and oxygen atoms in total. The molecule has 4 heteroatoms. The van der Waals surface area contributed by atoms with Gasteiger partial charge in [0.25, 0.3) is 0 Å². The van der Waals surface area contributed by atoms with Crippen LogP contribution in [0.25, 0.3) is 0 Å². The lowest BCUT2D eigenvalue weighted by molar-refractivity contribution is -0.0716. The molecule has 0 aliphatic heterocycles. The van der Waals surface area contributed by atoms with E-state index in [0.717, 1.165) is 11.1 Å². The van der Waals surface area contributed by atoms with Crippen LogP contribution in [0.3, 0.4) is 0 Å². The van der Waals surface area contributed by atoms with Crippen LogP contribution in [0.5, 0.6) is 11.5 Å². The van der Waals surface area contributed by atoms with E-state index in [0.29, 0.717) is 13.2 Å². The molecule has 0 amide bonds. The van der Waals surface area contributed by atoms with Crippen LogP contribution in [0.2, 0.25) is 0 Å². The number of aromatic hydroxyl groups is 2. The van der Waals surface area contributed by atoms with Crippen molar-refractivity contribution in [1.29, 1.82) is 0 Å². The third kappa shape index (κ3) is 4.00. The lowest BCUT2D eigenvalue weighted by atomic mass is 9.97. The van der Waals surface area contributed by atoms with Gasteiger partial charge in [-0.15, -0.1) is 0 Å². The van der Waals surface area contributed by atoms with E-state index in [4.69, 9.17) is 9.47 Å². The molecule has 0 saturated carbocycles. The molecule has 0 spiro atoms. The molecule has 2 aromatic rings. The van der Waals surface area contributed by atoms with Crippen LogP contribution in [-0.4, -0.2) is 23.4 Å². The van der Waals surface area contributed by atoms with Gasteiger partial charge in [0.15, 0.2) is 0 Å². The quantitative estimate of drug-likeness (QED) is 0.813. The molecule has 0 aliphatic carbocycles. The normalized spacial score (nSPS) is 13.7. The summed E-state index contributed by atoms with van der Waals surface area (Å²) in [4.78, 5) is 0.